The van der Waals surface area contributed by atoms with Gasteiger partial charge in [0.15, 0.2) is 0 Å². The van der Waals surface area contributed by atoms with E-state index < -0.39 is 0 Å². The first-order valence-electron chi connectivity index (χ1n) is 6.28. The molecule has 0 saturated carbocycles. The van der Waals surface area contributed by atoms with Crippen molar-refractivity contribution in [2.45, 2.75) is 13.8 Å². The van der Waals surface area contributed by atoms with Gasteiger partial charge in [0.05, 0.1) is 16.7 Å². The van der Waals surface area contributed by atoms with Crippen molar-refractivity contribution >= 4 is 28.2 Å². The number of pyridine rings is 1. The average Bonchev–Trinajstić information content (AvgIpc) is 2.82. The highest BCUT2D eigenvalue weighted by molar-refractivity contribution is 7.80. The molecule has 0 unspecified atom stereocenters. The molecule has 0 atom stereocenters. The Morgan fingerprint density at radius 2 is 1.95 bits per heavy atom. The van der Waals surface area contributed by atoms with E-state index in [0.29, 0.717) is 10.7 Å². The molecule has 0 radical (unpaired) electrons. The molecule has 20 heavy (non-hydrogen) atoms. The predicted octanol–water partition coefficient (Wildman–Crippen LogP) is 2.67. The van der Waals surface area contributed by atoms with E-state index in [2.05, 4.69) is 35.9 Å². The van der Waals surface area contributed by atoms with E-state index in [1.165, 1.54) is 11.1 Å². The number of fused-ring (bicyclic) bond motifs is 1. The first kappa shape index (κ1) is 12.7. The van der Waals surface area contributed by atoms with Crippen LogP contribution in [0.3, 0.4) is 0 Å². The maximum Gasteiger partial charge on any atom is 0.139 e. The standard InChI is InChI=1S/C15H14N4S/c1-9-6-12-13(7-10(9)2)19(8-17-12)14-5-3-4-11(18-14)15(16)20/h3-8H,1-2H3,(H2,16,20). The summed E-state index contributed by atoms with van der Waals surface area (Å²) in [6, 6.07) is 9.81. The van der Waals surface area contributed by atoms with Crippen molar-refractivity contribution in [2.24, 2.45) is 5.73 Å². The number of benzene rings is 1. The van der Waals surface area contributed by atoms with Gasteiger partial charge < -0.3 is 5.73 Å². The summed E-state index contributed by atoms with van der Waals surface area (Å²) >= 11 is 4.98. The minimum absolute atomic E-state index is 0.295. The van der Waals surface area contributed by atoms with Crippen LogP contribution in [0.15, 0.2) is 36.7 Å². The normalized spacial score (nSPS) is 10.9. The van der Waals surface area contributed by atoms with Crippen molar-refractivity contribution in [3.8, 4) is 5.82 Å². The maximum atomic E-state index is 5.64. The molecule has 0 fully saturated rings. The Hall–Kier alpha value is -2.27. The first-order chi connectivity index (χ1) is 9.56. The average molecular weight is 282 g/mol. The van der Waals surface area contributed by atoms with Crippen LogP contribution < -0.4 is 5.73 Å². The van der Waals surface area contributed by atoms with Gasteiger partial charge in [-0.05, 0) is 49.2 Å². The van der Waals surface area contributed by atoms with Gasteiger partial charge in [-0.1, -0.05) is 18.3 Å². The first-order valence-corrected chi connectivity index (χ1v) is 6.68. The fourth-order valence-corrected chi connectivity index (χ4v) is 2.26. The minimum atomic E-state index is 0.295. The van der Waals surface area contributed by atoms with Gasteiger partial charge in [-0.3, -0.25) is 4.57 Å². The molecule has 0 aliphatic heterocycles. The van der Waals surface area contributed by atoms with Gasteiger partial charge in [0.25, 0.3) is 0 Å². The molecule has 2 heterocycles. The van der Waals surface area contributed by atoms with E-state index >= 15 is 0 Å². The largest absolute Gasteiger partial charge is 0.388 e. The van der Waals surface area contributed by atoms with Crippen molar-refractivity contribution in [3.63, 3.8) is 0 Å². The van der Waals surface area contributed by atoms with Crippen LogP contribution in [0, 0.1) is 13.8 Å². The number of aryl methyl sites for hydroxylation is 2. The summed E-state index contributed by atoms with van der Waals surface area (Å²) in [5, 5.41) is 0. The summed E-state index contributed by atoms with van der Waals surface area (Å²) in [5.74, 6) is 0.765. The zero-order valence-corrected chi connectivity index (χ0v) is 12.1. The molecule has 0 aliphatic carbocycles. The number of imidazole rings is 1. The van der Waals surface area contributed by atoms with Crippen molar-refractivity contribution < 1.29 is 0 Å². The second kappa shape index (κ2) is 4.68. The molecule has 5 heteroatoms. The summed E-state index contributed by atoms with van der Waals surface area (Å²) in [6.07, 6.45) is 1.77. The monoisotopic (exact) mass is 282 g/mol. The minimum Gasteiger partial charge on any atom is -0.388 e. The van der Waals surface area contributed by atoms with E-state index in [-0.39, 0.29) is 0 Å². The number of hydrogen-bond acceptors (Lipinski definition) is 3. The number of rotatable bonds is 2. The predicted molar refractivity (Wildman–Crippen MR) is 84.2 cm³/mol. The topological polar surface area (TPSA) is 56.7 Å². The molecule has 3 rings (SSSR count). The Balaban J connectivity index is 2.22. The third-order valence-electron chi connectivity index (χ3n) is 3.40. The van der Waals surface area contributed by atoms with Crippen LogP contribution in [-0.4, -0.2) is 19.5 Å². The molecule has 4 nitrogen and oxygen atoms in total. The molecule has 0 bridgehead atoms. The van der Waals surface area contributed by atoms with Crippen molar-refractivity contribution in [2.75, 3.05) is 0 Å². The number of nitrogens with two attached hydrogens (primary N) is 1. The van der Waals surface area contributed by atoms with Crippen LogP contribution in [0.4, 0.5) is 0 Å². The van der Waals surface area contributed by atoms with E-state index in [0.717, 1.165) is 16.9 Å². The van der Waals surface area contributed by atoms with Gasteiger partial charge in [0.2, 0.25) is 0 Å². The van der Waals surface area contributed by atoms with E-state index in [4.69, 9.17) is 18.0 Å². The van der Waals surface area contributed by atoms with Gasteiger partial charge in [-0.15, -0.1) is 0 Å². The van der Waals surface area contributed by atoms with Crippen LogP contribution in [-0.2, 0) is 0 Å². The fourth-order valence-electron chi connectivity index (χ4n) is 2.14. The van der Waals surface area contributed by atoms with Crippen LogP contribution in [0.5, 0.6) is 0 Å². The van der Waals surface area contributed by atoms with E-state index in [1.807, 2.05) is 16.7 Å². The summed E-state index contributed by atoms with van der Waals surface area (Å²) in [5.41, 5.74) is 10.7. The third-order valence-corrected chi connectivity index (χ3v) is 3.61. The zero-order valence-electron chi connectivity index (χ0n) is 11.3. The molecule has 0 spiro atoms. The van der Waals surface area contributed by atoms with Crippen molar-refractivity contribution in [3.05, 3.63) is 53.5 Å². The number of hydrogen-bond donors (Lipinski definition) is 1. The highest BCUT2D eigenvalue weighted by atomic mass is 32.1. The molecule has 0 aliphatic rings. The Bertz CT molecular complexity index is 820. The third kappa shape index (κ3) is 2.06. The highest BCUT2D eigenvalue weighted by Crippen LogP contribution is 2.21. The van der Waals surface area contributed by atoms with Gasteiger partial charge in [0.1, 0.15) is 17.1 Å². The lowest BCUT2D eigenvalue weighted by molar-refractivity contribution is 1.02. The van der Waals surface area contributed by atoms with Gasteiger partial charge in [-0.2, -0.15) is 0 Å². The molecular weight excluding hydrogens is 268 g/mol. The molecule has 100 valence electrons. The highest BCUT2D eigenvalue weighted by Gasteiger charge is 2.08. The number of aromatic nitrogens is 3. The molecule has 0 amide bonds. The quantitative estimate of drug-likeness (QED) is 0.734. The molecule has 2 aromatic heterocycles. The van der Waals surface area contributed by atoms with Crippen LogP contribution in [0.2, 0.25) is 0 Å². The molecule has 0 saturated heterocycles. The van der Waals surface area contributed by atoms with Crippen molar-refractivity contribution in [1.82, 2.24) is 14.5 Å². The zero-order chi connectivity index (χ0) is 14.3. The molecular formula is C15H14N4S. The summed E-state index contributed by atoms with van der Waals surface area (Å²) in [6.45, 7) is 4.17. The summed E-state index contributed by atoms with van der Waals surface area (Å²) < 4.78 is 1.95. The molecule has 1 aromatic carbocycles. The SMILES string of the molecule is Cc1cc2ncn(-c3cccc(C(N)=S)n3)c2cc1C. The number of thiocarbonyl (C=S) groups is 1. The number of nitrogens with zero attached hydrogens (tertiary/aromatic N) is 3. The van der Waals surface area contributed by atoms with E-state index in [1.54, 1.807) is 12.4 Å². The maximum absolute atomic E-state index is 5.64. The fraction of sp³-hybridized carbons (Fsp3) is 0.133. The van der Waals surface area contributed by atoms with Crippen LogP contribution in [0.25, 0.3) is 16.9 Å². The van der Waals surface area contributed by atoms with E-state index in [9.17, 15) is 0 Å². The lowest BCUT2D eigenvalue weighted by Crippen LogP contribution is -2.12. The summed E-state index contributed by atoms with van der Waals surface area (Å²) in [4.78, 5) is 9.20. The Morgan fingerprint density at radius 1 is 1.20 bits per heavy atom. The second-order valence-electron chi connectivity index (χ2n) is 4.79. The Kier molecular flexibility index (Phi) is 2.99. The van der Waals surface area contributed by atoms with Gasteiger partial charge in [0, 0.05) is 0 Å². The van der Waals surface area contributed by atoms with Crippen LogP contribution in [0.1, 0.15) is 16.8 Å². The summed E-state index contributed by atoms with van der Waals surface area (Å²) in [7, 11) is 0. The van der Waals surface area contributed by atoms with Gasteiger partial charge in [-0.25, -0.2) is 9.97 Å². The smallest absolute Gasteiger partial charge is 0.139 e. The molecule has 3 aromatic rings. The van der Waals surface area contributed by atoms with Crippen molar-refractivity contribution in [1.29, 1.82) is 0 Å². The Morgan fingerprint density at radius 3 is 2.70 bits per heavy atom. The van der Waals surface area contributed by atoms with Gasteiger partial charge >= 0.3 is 0 Å². The second-order valence-corrected chi connectivity index (χ2v) is 5.22. The van der Waals surface area contributed by atoms with Crippen LogP contribution >= 0.6 is 12.2 Å². The Labute approximate surface area is 122 Å². The lowest BCUT2D eigenvalue weighted by Gasteiger charge is -2.06. The lowest BCUT2D eigenvalue weighted by atomic mass is 10.1. The molecule has 2 N–H and O–H groups in total.